The Kier molecular flexibility index (Phi) is 4.95. The number of ether oxygens (including phenoxy) is 3. The van der Waals surface area contributed by atoms with Crippen LogP contribution >= 0.6 is 0 Å². The maximum absolute atomic E-state index is 12.1. The second kappa shape index (κ2) is 6.91. The van der Waals surface area contributed by atoms with Crippen molar-refractivity contribution in [2.75, 3.05) is 14.2 Å². The van der Waals surface area contributed by atoms with E-state index in [0.29, 0.717) is 17.1 Å². The third-order valence-corrected chi connectivity index (χ3v) is 3.23. The minimum Gasteiger partial charge on any atom is -0.497 e. The Labute approximate surface area is 133 Å². The van der Waals surface area contributed by atoms with Crippen LogP contribution in [0, 0.1) is 5.92 Å². The molecule has 0 aromatic heterocycles. The van der Waals surface area contributed by atoms with E-state index in [4.69, 9.17) is 14.2 Å². The van der Waals surface area contributed by atoms with Crippen molar-refractivity contribution in [3.8, 4) is 11.5 Å². The normalized spacial score (nSPS) is 17.7. The summed E-state index contributed by atoms with van der Waals surface area (Å²) in [5.41, 5.74) is 0.637. The van der Waals surface area contributed by atoms with E-state index in [2.05, 4.69) is 0 Å². The summed E-state index contributed by atoms with van der Waals surface area (Å²) < 4.78 is 15.1. The lowest BCUT2D eigenvalue weighted by Crippen LogP contribution is -2.34. The molecule has 120 valence electrons. The predicted molar refractivity (Wildman–Crippen MR) is 81.9 cm³/mol. The van der Waals surface area contributed by atoms with Crippen molar-refractivity contribution in [1.29, 1.82) is 0 Å². The maximum atomic E-state index is 12.1. The highest BCUT2D eigenvalue weighted by atomic mass is 16.5. The van der Waals surface area contributed by atoms with Crippen molar-refractivity contribution in [2.45, 2.75) is 6.92 Å². The van der Waals surface area contributed by atoms with Crippen LogP contribution in [0.25, 0.3) is 6.08 Å². The molecule has 1 aromatic carbocycles. The molecule has 0 saturated heterocycles. The topological polar surface area (TPSA) is 78.9 Å². The van der Waals surface area contributed by atoms with Crippen molar-refractivity contribution in [1.82, 2.24) is 0 Å². The molecule has 0 spiro atoms. The quantitative estimate of drug-likeness (QED) is 0.469. The molecule has 0 aliphatic carbocycles. The summed E-state index contributed by atoms with van der Waals surface area (Å²) in [4.78, 5) is 35.6. The van der Waals surface area contributed by atoms with Gasteiger partial charge >= 0.3 is 5.97 Å². The highest BCUT2D eigenvalue weighted by molar-refractivity contribution is 6.25. The number of rotatable bonds is 5. The molecule has 0 radical (unpaired) electrons. The number of methoxy groups -OCH3 is 2. The molecule has 0 amide bonds. The van der Waals surface area contributed by atoms with E-state index < -0.39 is 23.5 Å². The first-order chi connectivity index (χ1) is 10.9. The van der Waals surface area contributed by atoms with Crippen LogP contribution in [0.15, 0.2) is 36.1 Å². The number of cyclic esters (lactones) is 1. The van der Waals surface area contributed by atoms with E-state index in [1.165, 1.54) is 33.3 Å². The summed E-state index contributed by atoms with van der Waals surface area (Å²) in [7, 11) is 3.03. The molecule has 0 bridgehead atoms. The van der Waals surface area contributed by atoms with Gasteiger partial charge in [-0.2, -0.15) is 0 Å². The Hall–Kier alpha value is -2.89. The average Bonchev–Trinajstić information content (AvgIpc) is 2.51. The van der Waals surface area contributed by atoms with Crippen LogP contribution in [0.5, 0.6) is 11.5 Å². The van der Waals surface area contributed by atoms with Crippen LogP contribution in [0.3, 0.4) is 0 Å². The molecule has 0 saturated carbocycles. The molecule has 2 rings (SSSR count). The highest BCUT2D eigenvalue weighted by Gasteiger charge is 2.36. The Morgan fingerprint density at radius 1 is 1.13 bits per heavy atom. The average molecular weight is 316 g/mol. The minimum absolute atomic E-state index is 0.186. The number of esters is 1. The molecule has 0 N–H and O–H groups in total. The predicted octanol–water partition coefficient (Wildman–Crippen LogP) is 1.93. The van der Waals surface area contributed by atoms with Crippen LogP contribution < -0.4 is 9.47 Å². The monoisotopic (exact) mass is 316 g/mol. The van der Waals surface area contributed by atoms with E-state index in [1.807, 2.05) is 0 Å². The second-order valence-electron chi connectivity index (χ2n) is 4.89. The fourth-order valence-electron chi connectivity index (χ4n) is 2.10. The molecular formula is C17H16O6. The van der Waals surface area contributed by atoms with Crippen LogP contribution in [0.1, 0.15) is 12.5 Å². The molecule has 1 aliphatic rings. The van der Waals surface area contributed by atoms with Gasteiger partial charge in [-0.05, 0) is 30.7 Å². The van der Waals surface area contributed by atoms with E-state index in [-0.39, 0.29) is 5.76 Å². The molecule has 1 atom stereocenters. The largest absolute Gasteiger partial charge is 0.497 e. The van der Waals surface area contributed by atoms with Gasteiger partial charge in [0.15, 0.2) is 17.5 Å². The summed E-state index contributed by atoms with van der Waals surface area (Å²) >= 11 is 0. The van der Waals surface area contributed by atoms with E-state index in [9.17, 15) is 14.4 Å². The number of ketones is 2. The third kappa shape index (κ3) is 3.85. The number of carbonyl (C=O) groups is 3. The first-order valence-electron chi connectivity index (χ1n) is 6.83. The van der Waals surface area contributed by atoms with Crippen molar-refractivity contribution < 1.29 is 28.6 Å². The van der Waals surface area contributed by atoms with Crippen LogP contribution in [-0.2, 0) is 19.1 Å². The van der Waals surface area contributed by atoms with Crippen molar-refractivity contribution in [2.24, 2.45) is 5.92 Å². The number of benzene rings is 1. The van der Waals surface area contributed by atoms with E-state index in [1.54, 1.807) is 18.2 Å². The third-order valence-electron chi connectivity index (χ3n) is 3.23. The Morgan fingerprint density at radius 2 is 1.74 bits per heavy atom. The molecule has 1 aliphatic heterocycles. The van der Waals surface area contributed by atoms with Gasteiger partial charge in [-0.25, -0.2) is 0 Å². The summed E-state index contributed by atoms with van der Waals surface area (Å²) in [5.74, 6) is -2.20. The Morgan fingerprint density at radius 3 is 2.26 bits per heavy atom. The molecule has 1 unspecified atom stereocenters. The number of allylic oxidation sites excluding steroid dienone is 3. The fraction of sp³-hybridized carbons (Fsp3) is 0.235. The zero-order valence-electron chi connectivity index (χ0n) is 13.0. The van der Waals surface area contributed by atoms with E-state index >= 15 is 0 Å². The lowest BCUT2D eigenvalue weighted by Gasteiger charge is -2.15. The van der Waals surface area contributed by atoms with E-state index in [0.717, 1.165) is 6.08 Å². The first kappa shape index (κ1) is 16.5. The summed E-state index contributed by atoms with van der Waals surface area (Å²) in [5, 5.41) is 0. The number of hydrogen-bond donors (Lipinski definition) is 0. The highest BCUT2D eigenvalue weighted by Crippen LogP contribution is 2.23. The van der Waals surface area contributed by atoms with Gasteiger partial charge in [0, 0.05) is 12.1 Å². The van der Waals surface area contributed by atoms with Crippen LogP contribution in [0.2, 0.25) is 0 Å². The molecule has 1 heterocycles. The van der Waals surface area contributed by atoms with Crippen LogP contribution in [-0.4, -0.2) is 31.8 Å². The van der Waals surface area contributed by atoms with Gasteiger partial charge in [0.1, 0.15) is 17.3 Å². The molecule has 6 heteroatoms. The lowest BCUT2D eigenvalue weighted by molar-refractivity contribution is -0.151. The SMILES string of the molecule is COc1cc(/C=C/C(=O)C2C(=O)C=C(C)OC2=O)cc(OC)c1. The summed E-state index contributed by atoms with van der Waals surface area (Å²) in [6.07, 6.45) is 3.80. The first-order valence-corrected chi connectivity index (χ1v) is 6.83. The van der Waals surface area contributed by atoms with Gasteiger partial charge < -0.3 is 14.2 Å². The summed E-state index contributed by atoms with van der Waals surface area (Å²) in [6, 6.07) is 5.07. The molecular weight excluding hydrogens is 300 g/mol. The standard InChI is InChI=1S/C17H16O6/c1-10-6-15(19)16(17(20)23-10)14(18)5-4-11-7-12(21-2)9-13(8-11)22-3/h4-9,16H,1-3H3/b5-4+. The van der Waals surface area contributed by atoms with Gasteiger partial charge in [0.2, 0.25) is 0 Å². The Bertz CT molecular complexity index is 692. The second-order valence-corrected chi connectivity index (χ2v) is 4.89. The maximum Gasteiger partial charge on any atom is 0.329 e. The van der Waals surface area contributed by atoms with Crippen LogP contribution in [0.4, 0.5) is 0 Å². The van der Waals surface area contributed by atoms with Crippen molar-refractivity contribution >= 4 is 23.6 Å². The molecule has 6 nitrogen and oxygen atoms in total. The van der Waals surface area contributed by atoms with Crippen molar-refractivity contribution in [3.05, 3.63) is 41.7 Å². The zero-order chi connectivity index (χ0) is 17.0. The van der Waals surface area contributed by atoms with Gasteiger partial charge in [0.25, 0.3) is 0 Å². The lowest BCUT2D eigenvalue weighted by atomic mass is 9.96. The molecule has 0 fully saturated rings. The van der Waals surface area contributed by atoms with Gasteiger partial charge in [-0.15, -0.1) is 0 Å². The Balaban J connectivity index is 2.21. The fourth-order valence-corrected chi connectivity index (χ4v) is 2.10. The van der Waals surface area contributed by atoms with Crippen molar-refractivity contribution in [3.63, 3.8) is 0 Å². The minimum atomic E-state index is -1.44. The zero-order valence-corrected chi connectivity index (χ0v) is 13.0. The molecule has 23 heavy (non-hydrogen) atoms. The number of carbonyl (C=O) groups excluding carboxylic acids is 3. The number of hydrogen-bond acceptors (Lipinski definition) is 6. The van der Waals surface area contributed by atoms with Gasteiger partial charge in [0.05, 0.1) is 14.2 Å². The van der Waals surface area contributed by atoms with Gasteiger partial charge in [-0.3, -0.25) is 14.4 Å². The smallest absolute Gasteiger partial charge is 0.329 e. The molecule has 1 aromatic rings. The summed E-state index contributed by atoms with van der Waals surface area (Å²) in [6.45, 7) is 1.48. The van der Waals surface area contributed by atoms with Gasteiger partial charge in [-0.1, -0.05) is 6.08 Å².